The van der Waals surface area contributed by atoms with E-state index >= 15 is 0 Å². The lowest BCUT2D eigenvalue weighted by Gasteiger charge is -2.63. The number of alkyl halides is 1. The fourth-order valence-electron chi connectivity index (χ4n) is 9.61. The molecule has 5 aliphatic rings. The Labute approximate surface area is 199 Å². The second kappa shape index (κ2) is 8.21. The molecule has 5 fully saturated rings. The van der Waals surface area contributed by atoms with Crippen LogP contribution in [0.5, 0.6) is 0 Å². The Bertz CT molecular complexity index is 742. The molecule has 9 atom stereocenters. The minimum atomic E-state index is -0.218. The smallest absolute Gasteiger partial charge is 0.151 e. The molecule has 0 bridgehead atoms. The molecule has 1 saturated heterocycles. The third-order valence-electron chi connectivity index (χ3n) is 11.1. The summed E-state index contributed by atoms with van der Waals surface area (Å²) in [6, 6.07) is 0.251. The van der Waals surface area contributed by atoms with E-state index < -0.39 is 0 Å². The van der Waals surface area contributed by atoms with Gasteiger partial charge in [-0.05, 0) is 99.7 Å². The minimum Gasteiger partial charge on any atom is -0.391 e. The molecule has 0 aromatic rings. The van der Waals surface area contributed by atoms with Crippen molar-refractivity contribution >= 4 is 17.4 Å². The Kier molecular flexibility index (Phi) is 6.05. The standard InChI is InChI=1S/C27H44ClNO3/c1-25(2)16-29(11-12-32-25)22-14-27(4)17(13-23(22)30)5-6-18-19-7-8-21(24(31)15-28)26(19,3)10-9-20(18)27/h17-23,30H,5-16H2,1-4H3/t17-,18-,19-,20-,21+,22-,23-,26-,27-/m0/s1. The van der Waals surface area contributed by atoms with E-state index in [0.29, 0.717) is 17.3 Å². The van der Waals surface area contributed by atoms with E-state index in [2.05, 4.69) is 32.6 Å². The van der Waals surface area contributed by atoms with Gasteiger partial charge in [-0.25, -0.2) is 0 Å². The number of carbonyl (C=O) groups excluding carboxylic acids is 1. The van der Waals surface area contributed by atoms with Crippen LogP contribution >= 0.6 is 11.6 Å². The van der Waals surface area contributed by atoms with E-state index in [4.69, 9.17) is 16.3 Å². The van der Waals surface area contributed by atoms with Gasteiger partial charge in [0.1, 0.15) is 0 Å². The van der Waals surface area contributed by atoms with Crippen molar-refractivity contribution < 1.29 is 14.6 Å². The van der Waals surface area contributed by atoms with Crippen LogP contribution in [0, 0.1) is 40.4 Å². The van der Waals surface area contributed by atoms with E-state index in [0.717, 1.165) is 50.8 Å². The molecule has 4 aliphatic carbocycles. The summed E-state index contributed by atoms with van der Waals surface area (Å²) < 4.78 is 5.98. The second-order valence-corrected chi connectivity index (χ2v) is 13.4. The SMILES string of the molecule is CC1(C)CN([C@H]2C[C@@]3(C)[C@@H](CC[C@@H]4[C@@H]3CC[C@]3(C)[C@@H](C(=O)CCl)CC[C@@H]43)C[C@@H]2O)CCO1. The predicted octanol–water partition coefficient (Wildman–Crippen LogP) is 4.90. The molecular weight excluding hydrogens is 422 g/mol. The first-order chi connectivity index (χ1) is 15.1. The van der Waals surface area contributed by atoms with Gasteiger partial charge in [-0.1, -0.05) is 13.8 Å². The number of morpholine rings is 1. The highest BCUT2D eigenvalue weighted by Gasteiger charge is 2.62. The van der Waals surface area contributed by atoms with E-state index in [1.165, 1.54) is 32.1 Å². The maximum absolute atomic E-state index is 12.7. The number of halogens is 1. The van der Waals surface area contributed by atoms with Crippen molar-refractivity contribution in [2.45, 2.75) is 96.8 Å². The summed E-state index contributed by atoms with van der Waals surface area (Å²) >= 11 is 6.01. The zero-order valence-electron chi connectivity index (χ0n) is 20.6. The lowest BCUT2D eigenvalue weighted by atomic mass is 9.44. The van der Waals surface area contributed by atoms with Crippen molar-refractivity contribution in [3.8, 4) is 0 Å². The number of ketones is 1. The van der Waals surface area contributed by atoms with Crippen LogP contribution in [0.3, 0.4) is 0 Å². The fraction of sp³-hybridized carbons (Fsp3) is 0.963. The quantitative estimate of drug-likeness (QED) is 0.602. The maximum atomic E-state index is 12.7. The summed E-state index contributed by atoms with van der Waals surface area (Å²) in [7, 11) is 0. The van der Waals surface area contributed by atoms with Gasteiger partial charge in [0.25, 0.3) is 0 Å². The van der Waals surface area contributed by atoms with E-state index in [-0.39, 0.29) is 40.7 Å². The molecule has 4 saturated carbocycles. The molecule has 0 unspecified atom stereocenters. The first-order valence-electron chi connectivity index (χ1n) is 13.2. The summed E-state index contributed by atoms with van der Waals surface area (Å²) in [5.74, 6) is 3.40. The molecule has 5 heteroatoms. The highest BCUT2D eigenvalue weighted by atomic mass is 35.5. The van der Waals surface area contributed by atoms with Crippen molar-refractivity contribution in [2.75, 3.05) is 25.6 Å². The Morgan fingerprint density at radius 1 is 1.06 bits per heavy atom. The molecule has 5 rings (SSSR count). The molecule has 1 heterocycles. The monoisotopic (exact) mass is 465 g/mol. The second-order valence-electron chi connectivity index (χ2n) is 13.1. The lowest BCUT2D eigenvalue weighted by molar-refractivity contribution is -0.169. The van der Waals surface area contributed by atoms with Crippen molar-refractivity contribution in [3.05, 3.63) is 0 Å². The summed E-state index contributed by atoms with van der Waals surface area (Å²) in [4.78, 5) is 15.2. The number of aliphatic hydroxyl groups excluding tert-OH is 1. The van der Waals surface area contributed by atoms with Crippen LogP contribution in [0.25, 0.3) is 0 Å². The third-order valence-corrected chi connectivity index (χ3v) is 11.4. The number of Topliss-reactive ketones (excluding diaryl/α,β-unsaturated/α-hetero) is 1. The number of hydrogen-bond acceptors (Lipinski definition) is 4. The normalized spacial score (nSPS) is 50.9. The van der Waals surface area contributed by atoms with Gasteiger partial charge in [0.2, 0.25) is 0 Å². The number of rotatable bonds is 3. The highest BCUT2D eigenvalue weighted by molar-refractivity contribution is 6.28. The van der Waals surface area contributed by atoms with Crippen LogP contribution in [0.15, 0.2) is 0 Å². The zero-order valence-corrected chi connectivity index (χ0v) is 21.4. The summed E-state index contributed by atoms with van der Waals surface area (Å²) in [6.45, 7) is 11.9. The van der Waals surface area contributed by atoms with Crippen molar-refractivity contribution in [3.63, 3.8) is 0 Å². The van der Waals surface area contributed by atoms with Crippen LogP contribution in [-0.4, -0.2) is 59.1 Å². The fourth-order valence-corrected chi connectivity index (χ4v) is 9.79. The van der Waals surface area contributed by atoms with Gasteiger partial charge < -0.3 is 9.84 Å². The lowest BCUT2D eigenvalue weighted by Crippen LogP contribution is -2.62. The molecule has 0 radical (unpaired) electrons. The Morgan fingerprint density at radius 2 is 1.81 bits per heavy atom. The number of fused-ring (bicyclic) bond motifs is 5. The highest BCUT2D eigenvalue weighted by Crippen LogP contribution is 2.67. The van der Waals surface area contributed by atoms with Gasteiger partial charge in [-0.3, -0.25) is 9.69 Å². The number of nitrogens with zero attached hydrogens (tertiary/aromatic N) is 1. The first kappa shape index (κ1) is 23.6. The molecule has 182 valence electrons. The average molecular weight is 466 g/mol. The van der Waals surface area contributed by atoms with Crippen LogP contribution in [0.4, 0.5) is 0 Å². The third kappa shape index (κ3) is 3.62. The van der Waals surface area contributed by atoms with Crippen LogP contribution < -0.4 is 0 Å². The number of ether oxygens (including phenoxy) is 1. The van der Waals surface area contributed by atoms with Gasteiger partial charge in [-0.2, -0.15) is 0 Å². The Hall–Kier alpha value is -0.160. The molecule has 4 nitrogen and oxygen atoms in total. The van der Waals surface area contributed by atoms with Gasteiger partial charge in [0.05, 0.1) is 24.2 Å². The van der Waals surface area contributed by atoms with E-state index in [1.807, 2.05) is 0 Å². The summed E-state index contributed by atoms with van der Waals surface area (Å²) in [6.07, 6.45) is 9.05. The Balaban J connectivity index is 1.38. The number of aliphatic hydroxyl groups is 1. The van der Waals surface area contributed by atoms with Gasteiger partial charge in [0.15, 0.2) is 5.78 Å². The predicted molar refractivity (Wildman–Crippen MR) is 128 cm³/mol. The van der Waals surface area contributed by atoms with Crippen molar-refractivity contribution in [1.29, 1.82) is 0 Å². The zero-order chi connectivity index (χ0) is 22.9. The van der Waals surface area contributed by atoms with Crippen LogP contribution in [-0.2, 0) is 9.53 Å². The van der Waals surface area contributed by atoms with E-state index in [1.54, 1.807) is 0 Å². The molecular formula is C27H44ClNO3. The largest absolute Gasteiger partial charge is 0.391 e. The molecule has 0 aromatic heterocycles. The van der Waals surface area contributed by atoms with Gasteiger partial charge >= 0.3 is 0 Å². The summed E-state index contributed by atoms with van der Waals surface area (Å²) in [5, 5.41) is 11.2. The molecule has 0 amide bonds. The molecule has 0 spiro atoms. The molecule has 1 N–H and O–H groups in total. The number of carbonyl (C=O) groups is 1. The van der Waals surface area contributed by atoms with Gasteiger partial charge in [-0.15, -0.1) is 11.6 Å². The van der Waals surface area contributed by atoms with Gasteiger partial charge in [0, 0.05) is 25.0 Å². The summed E-state index contributed by atoms with van der Waals surface area (Å²) in [5.41, 5.74) is 0.314. The molecule has 0 aromatic carbocycles. The Morgan fingerprint density at radius 3 is 2.53 bits per heavy atom. The average Bonchev–Trinajstić information content (AvgIpc) is 3.10. The van der Waals surface area contributed by atoms with Crippen LogP contribution in [0.2, 0.25) is 0 Å². The maximum Gasteiger partial charge on any atom is 0.151 e. The minimum absolute atomic E-state index is 0.134. The van der Waals surface area contributed by atoms with Crippen molar-refractivity contribution in [2.24, 2.45) is 40.4 Å². The van der Waals surface area contributed by atoms with E-state index in [9.17, 15) is 9.90 Å². The van der Waals surface area contributed by atoms with Crippen molar-refractivity contribution in [1.82, 2.24) is 4.90 Å². The number of hydrogen-bond donors (Lipinski definition) is 1. The molecule has 1 aliphatic heterocycles. The molecule has 32 heavy (non-hydrogen) atoms. The first-order valence-corrected chi connectivity index (χ1v) is 13.8. The topological polar surface area (TPSA) is 49.8 Å². The van der Waals surface area contributed by atoms with Crippen LogP contribution in [0.1, 0.15) is 79.1 Å².